The van der Waals surface area contributed by atoms with E-state index in [0.29, 0.717) is 5.69 Å². The van der Waals surface area contributed by atoms with Gasteiger partial charge in [0.1, 0.15) is 0 Å². The predicted octanol–water partition coefficient (Wildman–Crippen LogP) is 0.775. The lowest BCUT2D eigenvalue weighted by molar-refractivity contribution is 0.696. The summed E-state index contributed by atoms with van der Waals surface area (Å²) < 4.78 is 1.35. The standard InChI is InChI=1S/C9H9N3O/c1-12-9(13)8(10-11-12)7-5-3-2-4-6-7/h2-6,11H,1H3. The highest BCUT2D eigenvalue weighted by Gasteiger charge is 2.06. The maximum Gasteiger partial charge on any atom is 0.294 e. The van der Waals surface area contributed by atoms with Crippen molar-refractivity contribution in [2.24, 2.45) is 7.05 Å². The van der Waals surface area contributed by atoms with Gasteiger partial charge >= 0.3 is 0 Å². The Kier molecular flexibility index (Phi) is 1.73. The zero-order chi connectivity index (χ0) is 9.26. The Morgan fingerprint density at radius 2 is 2.00 bits per heavy atom. The van der Waals surface area contributed by atoms with Crippen LogP contribution in [0, 0.1) is 0 Å². The van der Waals surface area contributed by atoms with Crippen LogP contribution in [-0.2, 0) is 7.05 Å². The van der Waals surface area contributed by atoms with E-state index in [1.165, 1.54) is 4.68 Å². The van der Waals surface area contributed by atoms with Gasteiger partial charge in [0.05, 0.1) is 0 Å². The highest BCUT2D eigenvalue weighted by Crippen LogP contribution is 2.09. The van der Waals surface area contributed by atoms with Crippen molar-refractivity contribution >= 4 is 0 Å². The Hall–Kier alpha value is -1.84. The molecule has 0 unspecified atom stereocenters. The van der Waals surface area contributed by atoms with Gasteiger partial charge in [0.2, 0.25) is 0 Å². The van der Waals surface area contributed by atoms with Gasteiger partial charge in [-0.05, 0) is 0 Å². The molecule has 0 amide bonds. The fraction of sp³-hybridized carbons (Fsp3) is 0.111. The lowest BCUT2D eigenvalue weighted by atomic mass is 10.2. The van der Waals surface area contributed by atoms with Gasteiger partial charge in [-0.2, -0.15) is 5.10 Å². The summed E-state index contributed by atoms with van der Waals surface area (Å²) in [5, 5.41) is 6.50. The van der Waals surface area contributed by atoms with Crippen molar-refractivity contribution in [3.63, 3.8) is 0 Å². The largest absolute Gasteiger partial charge is 0.294 e. The topological polar surface area (TPSA) is 50.7 Å². The highest BCUT2D eigenvalue weighted by atomic mass is 16.1. The molecule has 4 heteroatoms. The molecule has 0 aliphatic rings. The van der Waals surface area contributed by atoms with Crippen LogP contribution < -0.4 is 5.56 Å². The first-order valence-corrected chi connectivity index (χ1v) is 3.96. The van der Waals surface area contributed by atoms with Crippen LogP contribution in [0.15, 0.2) is 35.1 Å². The fourth-order valence-corrected chi connectivity index (χ4v) is 1.16. The van der Waals surface area contributed by atoms with Crippen molar-refractivity contribution in [3.05, 3.63) is 40.7 Å². The minimum atomic E-state index is -0.105. The maximum absolute atomic E-state index is 11.4. The SMILES string of the molecule is Cn1[nH]nc(-c2ccccc2)c1=O. The Morgan fingerprint density at radius 3 is 2.54 bits per heavy atom. The smallest absolute Gasteiger partial charge is 0.265 e. The number of aromatic amines is 1. The molecule has 0 atom stereocenters. The van der Waals surface area contributed by atoms with Crippen LogP contribution >= 0.6 is 0 Å². The van der Waals surface area contributed by atoms with E-state index in [-0.39, 0.29) is 5.56 Å². The van der Waals surface area contributed by atoms with Crippen molar-refractivity contribution in [3.8, 4) is 11.3 Å². The molecule has 13 heavy (non-hydrogen) atoms. The second-order valence-electron chi connectivity index (χ2n) is 2.79. The van der Waals surface area contributed by atoms with Gasteiger partial charge in [0.25, 0.3) is 5.56 Å². The van der Waals surface area contributed by atoms with Crippen molar-refractivity contribution < 1.29 is 0 Å². The molecule has 0 saturated heterocycles. The number of nitrogens with zero attached hydrogens (tertiary/aromatic N) is 2. The summed E-state index contributed by atoms with van der Waals surface area (Å²) >= 11 is 0. The van der Waals surface area contributed by atoms with Crippen LogP contribution in [0.5, 0.6) is 0 Å². The number of hydrogen-bond acceptors (Lipinski definition) is 2. The van der Waals surface area contributed by atoms with E-state index in [0.717, 1.165) is 5.56 Å². The van der Waals surface area contributed by atoms with E-state index in [1.54, 1.807) is 7.05 Å². The average molecular weight is 175 g/mol. The molecule has 66 valence electrons. The number of nitrogens with one attached hydrogen (secondary N) is 1. The summed E-state index contributed by atoms with van der Waals surface area (Å²) in [6.07, 6.45) is 0. The number of H-pyrrole nitrogens is 1. The molecule has 0 radical (unpaired) electrons. The summed E-state index contributed by atoms with van der Waals surface area (Å²) in [6.45, 7) is 0. The van der Waals surface area contributed by atoms with Crippen LogP contribution in [0.3, 0.4) is 0 Å². The number of rotatable bonds is 1. The molecule has 4 nitrogen and oxygen atoms in total. The second kappa shape index (κ2) is 2.90. The first kappa shape index (κ1) is 7.79. The number of aromatic nitrogens is 3. The normalized spacial score (nSPS) is 10.2. The molecule has 0 bridgehead atoms. The monoisotopic (exact) mass is 175 g/mol. The van der Waals surface area contributed by atoms with Crippen LogP contribution in [0.1, 0.15) is 0 Å². The van der Waals surface area contributed by atoms with Crippen LogP contribution in [0.2, 0.25) is 0 Å². The molecule has 1 aromatic heterocycles. The van der Waals surface area contributed by atoms with E-state index < -0.39 is 0 Å². The molecule has 0 fully saturated rings. The predicted molar refractivity (Wildman–Crippen MR) is 49.3 cm³/mol. The molecule has 1 aromatic carbocycles. The Bertz CT molecular complexity index is 455. The third-order valence-corrected chi connectivity index (χ3v) is 1.87. The zero-order valence-electron chi connectivity index (χ0n) is 7.19. The first-order chi connectivity index (χ1) is 6.29. The molecule has 1 heterocycles. The lowest BCUT2D eigenvalue weighted by Gasteiger charge is -1.90. The highest BCUT2D eigenvalue weighted by molar-refractivity contribution is 5.56. The Labute approximate surface area is 74.8 Å². The second-order valence-corrected chi connectivity index (χ2v) is 2.79. The van der Waals surface area contributed by atoms with Crippen molar-refractivity contribution in [2.45, 2.75) is 0 Å². The summed E-state index contributed by atoms with van der Waals surface area (Å²) in [4.78, 5) is 11.4. The Morgan fingerprint density at radius 1 is 1.31 bits per heavy atom. The van der Waals surface area contributed by atoms with Gasteiger partial charge < -0.3 is 0 Å². The molecule has 0 aliphatic heterocycles. The molecule has 1 N–H and O–H groups in total. The Balaban J connectivity index is 2.60. The molecule has 0 saturated carbocycles. The summed E-state index contributed by atoms with van der Waals surface area (Å²) in [5.41, 5.74) is 1.19. The van der Waals surface area contributed by atoms with Crippen molar-refractivity contribution in [2.75, 3.05) is 0 Å². The maximum atomic E-state index is 11.4. The molecule has 2 rings (SSSR count). The minimum absolute atomic E-state index is 0.105. The van der Waals surface area contributed by atoms with Gasteiger partial charge in [0.15, 0.2) is 5.69 Å². The van der Waals surface area contributed by atoms with Crippen molar-refractivity contribution in [1.82, 2.24) is 15.0 Å². The molecular formula is C9H9N3O. The summed E-state index contributed by atoms with van der Waals surface area (Å²) in [6, 6.07) is 9.38. The third kappa shape index (κ3) is 1.26. The van der Waals surface area contributed by atoms with Crippen molar-refractivity contribution in [1.29, 1.82) is 0 Å². The zero-order valence-corrected chi connectivity index (χ0v) is 7.19. The van der Waals surface area contributed by atoms with Gasteiger partial charge in [-0.3, -0.25) is 4.79 Å². The number of hydrogen-bond donors (Lipinski definition) is 1. The van der Waals surface area contributed by atoms with E-state index in [1.807, 2.05) is 30.3 Å². The summed E-state index contributed by atoms with van der Waals surface area (Å²) in [5.74, 6) is 0. The van der Waals surface area contributed by atoms with E-state index in [2.05, 4.69) is 10.3 Å². The summed E-state index contributed by atoms with van der Waals surface area (Å²) in [7, 11) is 1.64. The van der Waals surface area contributed by atoms with E-state index >= 15 is 0 Å². The molecule has 2 aromatic rings. The van der Waals surface area contributed by atoms with Gasteiger partial charge in [-0.15, -0.1) is 0 Å². The third-order valence-electron chi connectivity index (χ3n) is 1.87. The van der Waals surface area contributed by atoms with Gasteiger partial charge in [-0.1, -0.05) is 30.3 Å². The number of aryl methyl sites for hydroxylation is 1. The van der Waals surface area contributed by atoms with Crippen LogP contribution in [-0.4, -0.2) is 15.0 Å². The van der Waals surface area contributed by atoms with Gasteiger partial charge in [-0.25, -0.2) is 9.90 Å². The lowest BCUT2D eigenvalue weighted by Crippen LogP contribution is -2.12. The van der Waals surface area contributed by atoms with E-state index in [9.17, 15) is 4.79 Å². The minimum Gasteiger partial charge on any atom is -0.265 e. The first-order valence-electron chi connectivity index (χ1n) is 3.96. The fourth-order valence-electron chi connectivity index (χ4n) is 1.16. The molecular weight excluding hydrogens is 166 g/mol. The van der Waals surface area contributed by atoms with Gasteiger partial charge in [0, 0.05) is 12.6 Å². The molecule has 0 aliphatic carbocycles. The molecule has 0 spiro atoms. The number of benzene rings is 1. The van der Waals surface area contributed by atoms with Crippen LogP contribution in [0.25, 0.3) is 11.3 Å². The van der Waals surface area contributed by atoms with Crippen LogP contribution in [0.4, 0.5) is 0 Å². The van der Waals surface area contributed by atoms with E-state index in [4.69, 9.17) is 0 Å². The quantitative estimate of drug-likeness (QED) is 0.696. The average Bonchev–Trinajstić information content (AvgIpc) is 2.49.